The lowest BCUT2D eigenvalue weighted by Gasteiger charge is -2.37. The second-order valence-corrected chi connectivity index (χ2v) is 5.64. The number of piperazine rings is 1. The molecule has 1 N–H and O–H groups in total. The third kappa shape index (κ3) is 3.95. The first-order valence-electron chi connectivity index (χ1n) is 7.04. The average molecular weight is 297 g/mol. The second kappa shape index (κ2) is 7.07. The van der Waals surface area contributed by atoms with E-state index in [1.54, 1.807) is 0 Å². The minimum atomic E-state index is -0.710. The van der Waals surface area contributed by atoms with Gasteiger partial charge in [0.05, 0.1) is 0 Å². The number of carbonyl (C=O) groups is 1. The molecule has 110 valence electrons. The molecular formula is C15H21ClN2O2. The molecule has 0 saturated carbocycles. The van der Waals surface area contributed by atoms with Crippen LogP contribution >= 0.6 is 11.6 Å². The quantitative estimate of drug-likeness (QED) is 0.906. The number of halogens is 1. The monoisotopic (exact) mass is 296 g/mol. The van der Waals surface area contributed by atoms with E-state index < -0.39 is 5.97 Å². The minimum Gasteiger partial charge on any atom is -0.480 e. The number of carboxylic acids is 1. The lowest BCUT2D eigenvalue weighted by atomic mass is 10.1. The van der Waals surface area contributed by atoms with Crippen molar-refractivity contribution < 1.29 is 9.90 Å². The van der Waals surface area contributed by atoms with Crippen molar-refractivity contribution in [2.45, 2.75) is 25.9 Å². The van der Waals surface area contributed by atoms with Crippen LogP contribution in [0.2, 0.25) is 5.02 Å². The van der Waals surface area contributed by atoms with Crippen LogP contribution in [0, 0.1) is 0 Å². The number of carboxylic acid groups (broad SMARTS) is 1. The summed E-state index contributed by atoms with van der Waals surface area (Å²) in [4.78, 5) is 15.6. The van der Waals surface area contributed by atoms with E-state index in [2.05, 4.69) is 9.80 Å². The Balaban J connectivity index is 1.85. The molecule has 2 rings (SSSR count). The average Bonchev–Trinajstić information content (AvgIpc) is 2.44. The fourth-order valence-corrected chi connectivity index (χ4v) is 2.80. The number of nitrogens with zero attached hydrogens (tertiary/aromatic N) is 2. The van der Waals surface area contributed by atoms with Gasteiger partial charge >= 0.3 is 5.97 Å². The zero-order valence-corrected chi connectivity index (χ0v) is 12.5. The van der Waals surface area contributed by atoms with Crippen molar-refractivity contribution in [2.75, 3.05) is 26.2 Å². The topological polar surface area (TPSA) is 43.8 Å². The van der Waals surface area contributed by atoms with Gasteiger partial charge in [-0.1, -0.05) is 30.7 Å². The molecule has 5 heteroatoms. The fraction of sp³-hybridized carbons (Fsp3) is 0.533. The van der Waals surface area contributed by atoms with Crippen LogP contribution < -0.4 is 0 Å². The van der Waals surface area contributed by atoms with Crippen LogP contribution in [0.25, 0.3) is 0 Å². The van der Waals surface area contributed by atoms with Crippen LogP contribution in [0.15, 0.2) is 24.3 Å². The summed E-state index contributed by atoms with van der Waals surface area (Å²) < 4.78 is 0. The van der Waals surface area contributed by atoms with Crippen LogP contribution in [-0.4, -0.2) is 53.1 Å². The Hall–Kier alpha value is -1.10. The normalized spacial score (nSPS) is 18.9. The van der Waals surface area contributed by atoms with Gasteiger partial charge in [0, 0.05) is 37.7 Å². The Bertz CT molecular complexity index is 442. The Morgan fingerprint density at radius 3 is 2.35 bits per heavy atom. The van der Waals surface area contributed by atoms with Gasteiger partial charge in [0.15, 0.2) is 0 Å². The van der Waals surface area contributed by atoms with Gasteiger partial charge in [0.1, 0.15) is 6.04 Å². The summed E-state index contributed by atoms with van der Waals surface area (Å²) in [6.07, 6.45) is 0.659. The maximum absolute atomic E-state index is 11.2. The number of rotatable bonds is 5. The predicted molar refractivity (Wildman–Crippen MR) is 80.0 cm³/mol. The molecule has 0 spiro atoms. The third-order valence-corrected chi connectivity index (χ3v) is 4.09. The summed E-state index contributed by atoms with van der Waals surface area (Å²) in [6, 6.07) is 7.56. The zero-order chi connectivity index (χ0) is 14.5. The Morgan fingerprint density at radius 2 is 1.85 bits per heavy atom. The maximum atomic E-state index is 11.2. The Morgan fingerprint density at radius 1 is 1.25 bits per heavy atom. The van der Waals surface area contributed by atoms with Crippen LogP contribution in [0.5, 0.6) is 0 Å². The van der Waals surface area contributed by atoms with Crippen molar-refractivity contribution in [1.29, 1.82) is 0 Å². The molecule has 0 bridgehead atoms. The van der Waals surface area contributed by atoms with Crippen molar-refractivity contribution >= 4 is 17.6 Å². The Kier molecular flexibility index (Phi) is 5.40. The summed E-state index contributed by atoms with van der Waals surface area (Å²) >= 11 is 5.88. The van der Waals surface area contributed by atoms with E-state index in [1.807, 2.05) is 31.2 Å². The summed E-state index contributed by atoms with van der Waals surface area (Å²) in [5, 5.41) is 9.94. The second-order valence-electron chi connectivity index (χ2n) is 5.20. The van der Waals surface area contributed by atoms with Crippen molar-refractivity contribution in [3.63, 3.8) is 0 Å². The summed E-state index contributed by atoms with van der Waals surface area (Å²) in [6.45, 7) is 6.28. The number of benzene rings is 1. The smallest absolute Gasteiger partial charge is 0.320 e. The highest BCUT2D eigenvalue weighted by molar-refractivity contribution is 6.30. The molecule has 1 aliphatic heterocycles. The van der Waals surface area contributed by atoms with E-state index in [0.29, 0.717) is 6.42 Å². The first-order chi connectivity index (χ1) is 9.60. The number of hydrogen-bond acceptors (Lipinski definition) is 3. The van der Waals surface area contributed by atoms with Crippen LogP contribution in [0.1, 0.15) is 18.9 Å². The van der Waals surface area contributed by atoms with Crippen molar-refractivity contribution in [2.24, 2.45) is 0 Å². The van der Waals surface area contributed by atoms with Crippen LogP contribution in [0.4, 0.5) is 0 Å². The van der Waals surface area contributed by atoms with Crippen molar-refractivity contribution in [3.05, 3.63) is 34.9 Å². The largest absolute Gasteiger partial charge is 0.480 e. The van der Waals surface area contributed by atoms with E-state index in [0.717, 1.165) is 37.7 Å². The van der Waals surface area contributed by atoms with Gasteiger partial charge in [-0.25, -0.2) is 0 Å². The van der Waals surface area contributed by atoms with Gasteiger partial charge in [0.25, 0.3) is 0 Å². The highest BCUT2D eigenvalue weighted by Crippen LogP contribution is 2.14. The minimum absolute atomic E-state index is 0.340. The molecular weight excluding hydrogens is 276 g/mol. The maximum Gasteiger partial charge on any atom is 0.320 e. The van der Waals surface area contributed by atoms with E-state index in [9.17, 15) is 9.90 Å². The highest BCUT2D eigenvalue weighted by Gasteiger charge is 2.27. The van der Waals surface area contributed by atoms with Gasteiger partial charge in [-0.15, -0.1) is 0 Å². The van der Waals surface area contributed by atoms with Gasteiger partial charge in [-0.2, -0.15) is 0 Å². The molecule has 1 aliphatic rings. The molecule has 1 heterocycles. The number of aliphatic carboxylic acids is 1. The van der Waals surface area contributed by atoms with Gasteiger partial charge < -0.3 is 5.11 Å². The first kappa shape index (κ1) is 15.3. The summed E-state index contributed by atoms with van der Waals surface area (Å²) in [5.74, 6) is -0.710. The zero-order valence-electron chi connectivity index (χ0n) is 11.8. The molecule has 1 atom stereocenters. The molecule has 20 heavy (non-hydrogen) atoms. The van der Waals surface area contributed by atoms with Crippen molar-refractivity contribution in [1.82, 2.24) is 9.80 Å². The molecule has 1 saturated heterocycles. The third-order valence-electron chi connectivity index (χ3n) is 3.84. The fourth-order valence-electron chi connectivity index (χ4n) is 2.67. The Labute approximate surface area is 124 Å². The lowest BCUT2D eigenvalue weighted by molar-refractivity contribution is -0.144. The van der Waals surface area contributed by atoms with E-state index in [1.165, 1.54) is 5.56 Å². The molecule has 4 nitrogen and oxygen atoms in total. The van der Waals surface area contributed by atoms with E-state index >= 15 is 0 Å². The molecule has 1 aromatic rings. The van der Waals surface area contributed by atoms with Gasteiger partial charge in [-0.3, -0.25) is 14.6 Å². The molecule has 1 unspecified atom stereocenters. The molecule has 0 radical (unpaired) electrons. The summed E-state index contributed by atoms with van der Waals surface area (Å²) in [7, 11) is 0. The molecule has 0 aromatic heterocycles. The van der Waals surface area contributed by atoms with Gasteiger partial charge in [-0.05, 0) is 24.1 Å². The SMILES string of the molecule is CCC(C(=O)O)N1CCN(Cc2ccc(Cl)cc2)CC1. The first-order valence-corrected chi connectivity index (χ1v) is 7.41. The lowest BCUT2D eigenvalue weighted by Crippen LogP contribution is -2.52. The number of hydrogen-bond donors (Lipinski definition) is 1. The molecule has 0 amide bonds. The van der Waals surface area contributed by atoms with Gasteiger partial charge in [0.2, 0.25) is 0 Å². The standard InChI is InChI=1S/C15H21ClN2O2/c1-2-14(15(19)20)18-9-7-17(8-10-18)11-12-3-5-13(16)6-4-12/h3-6,14H,2,7-11H2,1H3,(H,19,20). The highest BCUT2D eigenvalue weighted by atomic mass is 35.5. The van der Waals surface area contributed by atoms with Crippen LogP contribution in [-0.2, 0) is 11.3 Å². The van der Waals surface area contributed by atoms with E-state index in [4.69, 9.17) is 11.6 Å². The van der Waals surface area contributed by atoms with E-state index in [-0.39, 0.29) is 6.04 Å². The summed E-state index contributed by atoms with van der Waals surface area (Å²) in [5.41, 5.74) is 1.24. The van der Waals surface area contributed by atoms with Crippen molar-refractivity contribution in [3.8, 4) is 0 Å². The van der Waals surface area contributed by atoms with Crippen LogP contribution in [0.3, 0.4) is 0 Å². The predicted octanol–water partition coefficient (Wildman–Crippen LogP) is 2.32. The molecule has 1 fully saturated rings. The molecule has 0 aliphatic carbocycles. The molecule has 1 aromatic carbocycles.